The first-order chi connectivity index (χ1) is 10.1. The molecular weight excluding hydrogens is 337 g/mol. The van der Waals surface area contributed by atoms with Crippen molar-refractivity contribution in [2.45, 2.75) is 13.0 Å². The quantitative estimate of drug-likeness (QED) is 0.796. The van der Waals surface area contributed by atoms with Crippen molar-refractivity contribution in [2.24, 2.45) is 5.73 Å². The Morgan fingerprint density at radius 3 is 2.62 bits per heavy atom. The van der Waals surface area contributed by atoms with Crippen LogP contribution < -0.4 is 15.2 Å². The Hall–Kier alpha value is -1.59. The summed E-state index contributed by atoms with van der Waals surface area (Å²) >= 11 is 3.37. The fourth-order valence-corrected chi connectivity index (χ4v) is 2.26. The molecule has 0 aliphatic rings. The van der Waals surface area contributed by atoms with Gasteiger partial charge < -0.3 is 15.2 Å². The molecule has 21 heavy (non-hydrogen) atoms. The number of halogens is 2. The van der Waals surface area contributed by atoms with E-state index in [1.165, 1.54) is 12.1 Å². The van der Waals surface area contributed by atoms with Crippen molar-refractivity contribution in [3.05, 3.63) is 58.3 Å². The predicted octanol–water partition coefficient (Wildman–Crippen LogP) is 4.07. The summed E-state index contributed by atoms with van der Waals surface area (Å²) in [6.07, 6.45) is 0. The van der Waals surface area contributed by atoms with Gasteiger partial charge >= 0.3 is 0 Å². The summed E-state index contributed by atoms with van der Waals surface area (Å²) in [4.78, 5) is 0. The monoisotopic (exact) mass is 353 g/mol. The summed E-state index contributed by atoms with van der Waals surface area (Å²) in [5.74, 6) is 0.866. The molecular formula is C16H17BrFNO2. The molecule has 2 aromatic carbocycles. The van der Waals surface area contributed by atoms with Crippen molar-refractivity contribution in [3.63, 3.8) is 0 Å². The van der Waals surface area contributed by atoms with Gasteiger partial charge in [0.05, 0.1) is 0 Å². The standard InChI is InChI=1S/C16H17BrFNO2/c1-11(19)15-6-5-13(18)10-16(15)21-8-7-20-14-4-2-3-12(17)9-14/h2-6,9-11H,7-8,19H2,1H3. The third-order valence-electron chi connectivity index (χ3n) is 2.87. The van der Waals surface area contributed by atoms with Gasteiger partial charge in [-0.15, -0.1) is 0 Å². The lowest BCUT2D eigenvalue weighted by atomic mass is 10.1. The molecule has 0 aliphatic carbocycles. The molecule has 0 saturated carbocycles. The highest BCUT2D eigenvalue weighted by atomic mass is 79.9. The maximum absolute atomic E-state index is 13.3. The van der Waals surface area contributed by atoms with E-state index in [9.17, 15) is 4.39 Å². The molecule has 1 atom stereocenters. The third-order valence-corrected chi connectivity index (χ3v) is 3.37. The maximum atomic E-state index is 13.3. The highest BCUT2D eigenvalue weighted by Crippen LogP contribution is 2.25. The van der Waals surface area contributed by atoms with Crippen LogP contribution in [0.4, 0.5) is 4.39 Å². The van der Waals surface area contributed by atoms with Crippen molar-refractivity contribution in [3.8, 4) is 11.5 Å². The molecule has 1 unspecified atom stereocenters. The average Bonchev–Trinajstić information content (AvgIpc) is 2.43. The van der Waals surface area contributed by atoms with E-state index >= 15 is 0 Å². The minimum absolute atomic E-state index is 0.216. The Morgan fingerprint density at radius 2 is 1.90 bits per heavy atom. The molecule has 2 aromatic rings. The molecule has 0 radical (unpaired) electrons. The molecule has 0 saturated heterocycles. The van der Waals surface area contributed by atoms with Gasteiger partial charge in [0, 0.05) is 22.1 Å². The number of nitrogens with two attached hydrogens (primary N) is 1. The summed E-state index contributed by atoms with van der Waals surface area (Å²) in [7, 11) is 0. The first kappa shape index (κ1) is 15.8. The summed E-state index contributed by atoms with van der Waals surface area (Å²) in [5.41, 5.74) is 6.61. The zero-order valence-corrected chi connectivity index (χ0v) is 13.3. The van der Waals surface area contributed by atoms with Gasteiger partial charge in [-0.25, -0.2) is 4.39 Å². The second-order valence-electron chi connectivity index (χ2n) is 4.63. The number of rotatable bonds is 6. The number of hydrogen-bond donors (Lipinski definition) is 1. The number of benzene rings is 2. The SMILES string of the molecule is CC(N)c1ccc(F)cc1OCCOc1cccc(Br)c1. The molecule has 0 aliphatic heterocycles. The molecule has 2 rings (SSSR count). The predicted molar refractivity (Wildman–Crippen MR) is 84.1 cm³/mol. The smallest absolute Gasteiger partial charge is 0.127 e. The van der Waals surface area contributed by atoms with Gasteiger partial charge in [0.2, 0.25) is 0 Å². The molecule has 0 spiro atoms. The highest BCUT2D eigenvalue weighted by Gasteiger charge is 2.09. The average molecular weight is 354 g/mol. The summed E-state index contributed by atoms with van der Waals surface area (Å²) in [5, 5.41) is 0. The zero-order chi connectivity index (χ0) is 15.2. The highest BCUT2D eigenvalue weighted by molar-refractivity contribution is 9.10. The van der Waals surface area contributed by atoms with Crippen molar-refractivity contribution >= 4 is 15.9 Å². The van der Waals surface area contributed by atoms with Crippen molar-refractivity contribution in [1.82, 2.24) is 0 Å². The van der Waals surface area contributed by atoms with Gasteiger partial charge in [-0.05, 0) is 31.2 Å². The Balaban J connectivity index is 1.90. The van der Waals surface area contributed by atoms with Gasteiger partial charge in [-0.3, -0.25) is 0 Å². The molecule has 0 amide bonds. The minimum atomic E-state index is -0.345. The van der Waals surface area contributed by atoms with Gasteiger partial charge in [0.15, 0.2) is 0 Å². The van der Waals surface area contributed by atoms with Crippen LogP contribution in [0.5, 0.6) is 11.5 Å². The summed E-state index contributed by atoms with van der Waals surface area (Å²) in [6.45, 7) is 2.51. The Labute approximate surface area is 132 Å². The van der Waals surface area contributed by atoms with Crippen LogP contribution in [0.2, 0.25) is 0 Å². The third kappa shape index (κ3) is 4.72. The second-order valence-corrected chi connectivity index (χ2v) is 5.54. The van der Waals surface area contributed by atoms with Crippen molar-refractivity contribution in [1.29, 1.82) is 0 Å². The Morgan fingerprint density at radius 1 is 1.14 bits per heavy atom. The zero-order valence-electron chi connectivity index (χ0n) is 11.7. The second kappa shape index (κ2) is 7.43. The van der Waals surface area contributed by atoms with Crippen LogP contribution in [0.1, 0.15) is 18.5 Å². The molecule has 0 aromatic heterocycles. The maximum Gasteiger partial charge on any atom is 0.127 e. The topological polar surface area (TPSA) is 44.5 Å². The molecule has 0 fully saturated rings. The van der Waals surface area contributed by atoms with Gasteiger partial charge in [-0.2, -0.15) is 0 Å². The molecule has 5 heteroatoms. The molecule has 2 N–H and O–H groups in total. The van der Waals surface area contributed by atoms with E-state index in [0.717, 1.165) is 15.8 Å². The van der Waals surface area contributed by atoms with E-state index in [1.807, 2.05) is 31.2 Å². The largest absolute Gasteiger partial charge is 0.490 e. The molecule has 0 heterocycles. The van der Waals surface area contributed by atoms with E-state index in [4.69, 9.17) is 15.2 Å². The number of ether oxygens (including phenoxy) is 2. The van der Waals surface area contributed by atoms with Crippen LogP contribution in [0.3, 0.4) is 0 Å². The van der Waals surface area contributed by atoms with Crippen LogP contribution in [0.15, 0.2) is 46.9 Å². The van der Waals surface area contributed by atoms with E-state index < -0.39 is 0 Å². The lowest BCUT2D eigenvalue weighted by Gasteiger charge is -2.14. The molecule has 3 nitrogen and oxygen atoms in total. The van der Waals surface area contributed by atoms with Crippen LogP contribution in [0, 0.1) is 5.82 Å². The van der Waals surface area contributed by atoms with E-state index in [0.29, 0.717) is 19.0 Å². The van der Waals surface area contributed by atoms with Crippen LogP contribution in [0.25, 0.3) is 0 Å². The summed E-state index contributed by atoms with van der Waals surface area (Å²) in [6, 6.07) is 11.7. The van der Waals surface area contributed by atoms with Crippen molar-refractivity contribution in [2.75, 3.05) is 13.2 Å². The molecule has 0 bridgehead atoms. The molecule has 112 valence electrons. The first-order valence-corrected chi connectivity index (χ1v) is 7.42. The van der Waals surface area contributed by atoms with Crippen LogP contribution in [-0.2, 0) is 0 Å². The lowest BCUT2D eigenvalue weighted by molar-refractivity contribution is 0.215. The van der Waals surface area contributed by atoms with E-state index in [2.05, 4.69) is 15.9 Å². The fraction of sp³-hybridized carbons (Fsp3) is 0.250. The fourth-order valence-electron chi connectivity index (χ4n) is 1.88. The lowest BCUT2D eigenvalue weighted by Crippen LogP contribution is -2.13. The normalized spacial score (nSPS) is 12.0. The van der Waals surface area contributed by atoms with Gasteiger partial charge in [0.1, 0.15) is 30.5 Å². The van der Waals surface area contributed by atoms with Crippen molar-refractivity contribution < 1.29 is 13.9 Å². The minimum Gasteiger partial charge on any atom is -0.490 e. The first-order valence-electron chi connectivity index (χ1n) is 6.62. The van der Waals surface area contributed by atoms with Crippen LogP contribution in [-0.4, -0.2) is 13.2 Å². The number of hydrogen-bond acceptors (Lipinski definition) is 3. The van der Waals surface area contributed by atoms with Crippen LogP contribution >= 0.6 is 15.9 Å². The summed E-state index contributed by atoms with van der Waals surface area (Å²) < 4.78 is 25.4. The Bertz CT molecular complexity index is 605. The van der Waals surface area contributed by atoms with E-state index in [-0.39, 0.29) is 11.9 Å². The van der Waals surface area contributed by atoms with Gasteiger partial charge in [0.25, 0.3) is 0 Å². The van der Waals surface area contributed by atoms with Gasteiger partial charge in [-0.1, -0.05) is 28.1 Å². The van der Waals surface area contributed by atoms with E-state index in [1.54, 1.807) is 6.07 Å². The Kier molecular flexibility index (Phi) is 5.59.